The van der Waals surface area contributed by atoms with Crippen molar-refractivity contribution >= 4 is 17.5 Å². The molecule has 1 fully saturated rings. The van der Waals surface area contributed by atoms with Crippen LogP contribution in [0.25, 0.3) is 0 Å². The van der Waals surface area contributed by atoms with Crippen molar-refractivity contribution in [2.45, 2.75) is 19.0 Å². The van der Waals surface area contributed by atoms with Crippen molar-refractivity contribution in [3.05, 3.63) is 47.8 Å². The summed E-state index contributed by atoms with van der Waals surface area (Å²) in [4.78, 5) is 21.5. The molecule has 0 bridgehead atoms. The molecule has 0 atom stereocenters. The third-order valence-corrected chi connectivity index (χ3v) is 4.36. The highest BCUT2D eigenvalue weighted by molar-refractivity contribution is 5.92. The summed E-state index contributed by atoms with van der Waals surface area (Å²) in [6.07, 6.45) is -2.45. The molecule has 2 aromatic rings. The lowest BCUT2D eigenvalue weighted by Crippen LogP contribution is -2.39. The number of hydrogen-bond acceptors (Lipinski definition) is 5. The molecule has 0 radical (unpaired) electrons. The van der Waals surface area contributed by atoms with Crippen LogP contribution in [0.5, 0.6) is 0 Å². The van der Waals surface area contributed by atoms with Crippen molar-refractivity contribution < 1.29 is 18.0 Å². The maximum atomic E-state index is 12.8. The highest BCUT2D eigenvalue weighted by Gasteiger charge is 2.34. The van der Waals surface area contributed by atoms with Gasteiger partial charge >= 0.3 is 6.18 Å². The summed E-state index contributed by atoms with van der Waals surface area (Å²) in [5, 5.41) is 11.6. The van der Waals surface area contributed by atoms with E-state index in [2.05, 4.69) is 15.3 Å². The number of rotatable bonds is 3. The number of nitriles is 1. The highest BCUT2D eigenvalue weighted by Crippen LogP contribution is 2.29. The monoisotopic (exact) mass is 375 g/mol. The molecule has 1 amide bonds. The van der Waals surface area contributed by atoms with Gasteiger partial charge in [-0.15, -0.1) is 0 Å². The molecule has 1 aliphatic rings. The van der Waals surface area contributed by atoms with E-state index in [1.807, 2.05) is 6.07 Å². The zero-order chi connectivity index (χ0) is 19.4. The zero-order valence-corrected chi connectivity index (χ0v) is 14.2. The maximum absolute atomic E-state index is 12.8. The van der Waals surface area contributed by atoms with Crippen LogP contribution in [0.3, 0.4) is 0 Å². The van der Waals surface area contributed by atoms with Crippen LogP contribution in [0.2, 0.25) is 0 Å². The number of aromatic nitrogens is 2. The van der Waals surface area contributed by atoms with E-state index in [9.17, 15) is 18.0 Å². The van der Waals surface area contributed by atoms with E-state index in [0.717, 1.165) is 12.3 Å². The second-order valence-electron chi connectivity index (χ2n) is 6.18. The summed E-state index contributed by atoms with van der Waals surface area (Å²) in [7, 11) is 0. The fourth-order valence-electron chi connectivity index (χ4n) is 2.87. The van der Waals surface area contributed by atoms with Gasteiger partial charge in [0, 0.05) is 30.9 Å². The molecule has 27 heavy (non-hydrogen) atoms. The van der Waals surface area contributed by atoms with Crippen LogP contribution >= 0.6 is 0 Å². The lowest BCUT2D eigenvalue weighted by molar-refractivity contribution is -0.141. The Labute approximate surface area is 153 Å². The van der Waals surface area contributed by atoms with Crippen molar-refractivity contribution in [2.75, 3.05) is 23.3 Å². The third-order valence-electron chi connectivity index (χ3n) is 4.36. The molecule has 9 heteroatoms. The van der Waals surface area contributed by atoms with E-state index in [4.69, 9.17) is 5.26 Å². The molecule has 140 valence electrons. The summed E-state index contributed by atoms with van der Waals surface area (Å²) >= 11 is 0. The fourth-order valence-corrected chi connectivity index (χ4v) is 2.87. The van der Waals surface area contributed by atoms with Gasteiger partial charge in [0.15, 0.2) is 0 Å². The third kappa shape index (κ3) is 4.53. The van der Waals surface area contributed by atoms with E-state index >= 15 is 0 Å². The number of nitrogens with zero attached hydrogens (tertiary/aromatic N) is 4. The molecule has 0 saturated carbocycles. The van der Waals surface area contributed by atoms with Gasteiger partial charge in [0.25, 0.3) is 0 Å². The van der Waals surface area contributed by atoms with E-state index in [1.54, 1.807) is 29.2 Å². The molecule has 1 saturated heterocycles. The zero-order valence-electron chi connectivity index (χ0n) is 14.2. The summed E-state index contributed by atoms with van der Waals surface area (Å²) in [6, 6.07) is 9.38. The van der Waals surface area contributed by atoms with Crippen molar-refractivity contribution in [2.24, 2.45) is 5.92 Å². The molecule has 1 aromatic heterocycles. The molecule has 1 aromatic carbocycles. The van der Waals surface area contributed by atoms with E-state index in [0.29, 0.717) is 37.2 Å². The Balaban J connectivity index is 1.58. The Morgan fingerprint density at radius 1 is 1.19 bits per heavy atom. The second kappa shape index (κ2) is 7.61. The number of nitrogens with one attached hydrogen (secondary N) is 1. The number of halogens is 3. The van der Waals surface area contributed by atoms with Crippen LogP contribution in [-0.2, 0) is 11.0 Å². The molecule has 0 unspecified atom stereocenters. The van der Waals surface area contributed by atoms with Crippen molar-refractivity contribution in [1.29, 1.82) is 5.26 Å². The van der Waals surface area contributed by atoms with E-state index < -0.39 is 11.9 Å². The van der Waals surface area contributed by atoms with Crippen LogP contribution in [-0.4, -0.2) is 29.0 Å². The van der Waals surface area contributed by atoms with Gasteiger partial charge in [0.1, 0.15) is 5.69 Å². The Bertz CT molecular complexity index is 853. The first-order valence-corrected chi connectivity index (χ1v) is 8.33. The molecule has 3 rings (SSSR count). The molecule has 0 aliphatic carbocycles. The SMILES string of the molecule is N#Cc1ccc(NC(=O)C2CCN(c3nccc(C(F)(F)F)n3)CC2)cc1. The van der Waals surface area contributed by atoms with E-state index in [-0.39, 0.29) is 17.8 Å². The number of alkyl halides is 3. The topological polar surface area (TPSA) is 81.9 Å². The molecular formula is C18H16F3N5O. The summed E-state index contributed by atoms with van der Waals surface area (Å²) in [5.74, 6) is -0.372. The predicted molar refractivity (Wildman–Crippen MR) is 91.8 cm³/mol. The Morgan fingerprint density at radius 3 is 2.44 bits per heavy atom. The minimum atomic E-state index is -4.52. The smallest absolute Gasteiger partial charge is 0.341 e. The Hall–Kier alpha value is -3.15. The molecule has 2 heterocycles. The first kappa shape index (κ1) is 18.6. The van der Waals surface area contributed by atoms with Crippen LogP contribution in [0.4, 0.5) is 24.8 Å². The Kier molecular flexibility index (Phi) is 5.26. The molecule has 6 nitrogen and oxygen atoms in total. The Morgan fingerprint density at radius 2 is 1.85 bits per heavy atom. The normalized spacial score (nSPS) is 15.3. The summed E-state index contributed by atoms with van der Waals surface area (Å²) in [6.45, 7) is 0.791. The van der Waals surface area contributed by atoms with Crippen LogP contribution in [0, 0.1) is 17.2 Å². The maximum Gasteiger partial charge on any atom is 0.433 e. The number of piperidine rings is 1. The summed E-state index contributed by atoms with van der Waals surface area (Å²) < 4.78 is 38.3. The predicted octanol–water partition coefficient (Wildman–Crippen LogP) is 3.22. The minimum Gasteiger partial charge on any atom is -0.341 e. The summed E-state index contributed by atoms with van der Waals surface area (Å²) in [5.41, 5.74) is 0.123. The van der Waals surface area contributed by atoms with Gasteiger partial charge < -0.3 is 10.2 Å². The second-order valence-corrected chi connectivity index (χ2v) is 6.18. The van der Waals surface area contributed by atoms with Gasteiger partial charge in [-0.1, -0.05) is 0 Å². The lowest BCUT2D eigenvalue weighted by Gasteiger charge is -2.31. The van der Waals surface area contributed by atoms with Crippen molar-refractivity contribution in [3.8, 4) is 6.07 Å². The fraction of sp³-hybridized carbons (Fsp3) is 0.333. The number of carbonyl (C=O) groups is 1. The molecular weight excluding hydrogens is 359 g/mol. The average molecular weight is 375 g/mol. The standard InChI is InChI=1S/C18H16F3N5O/c19-18(20,21)15-5-8-23-17(25-15)26-9-6-13(7-10-26)16(27)24-14-3-1-12(11-22)2-4-14/h1-5,8,13H,6-7,9-10H2,(H,24,27). The lowest BCUT2D eigenvalue weighted by atomic mass is 9.96. The number of amides is 1. The van der Waals surface area contributed by atoms with Gasteiger partial charge in [-0.05, 0) is 43.2 Å². The van der Waals surface area contributed by atoms with Gasteiger partial charge in [-0.25, -0.2) is 9.97 Å². The molecule has 0 spiro atoms. The largest absolute Gasteiger partial charge is 0.433 e. The average Bonchev–Trinajstić information content (AvgIpc) is 2.68. The number of benzene rings is 1. The van der Waals surface area contributed by atoms with Gasteiger partial charge in [0.2, 0.25) is 11.9 Å². The van der Waals surface area contributed by atoms with Crippen LogP contribution in [0.15, 0.2) is 36.5 Å². The quantitative estimate of drug-likeness (QED) is 0.891. The number of carbonyl (C=O) groups excluding carboxylic acids is 1. The first-order valence-electron chi connectivity index (χ1n) is 8.33. The van der Waals surface area contributed by atoms with Gasteiger partial charge in [-0.3, -0.25) is 4.79 Å². The minimum absolute atomic E-state index is 0.0239. The van der Waals surface area contributed by atoms with Crippen molar-refractivity contribution in [3.63, 3.8) is 0 Å². The van der Waals surface area contributed by atoms with E-state index in [1.165, 1.54) is 0 Å². The highest BCUT2D eigenvalue weighted by atomic mass is 19.4. The van der Waals surface area contributed by atoms with Gasteiger partial charge in [-0.2, -0.15) is 18.4 Å². The molecule has 1 aliphatic heterocycles. The molecule has 1 N–H and O–H groups in total. The first-order chi connectivity index (χ1) is 12.9. The number of hydrogen-bond donors (Lipinski definition) is 1. The van der Waals surface area contributed by atoms with Gasteiger partial charge in [0.05, 0.1) is 11.6 Å². The number of anilines is 2. The van der Waals surface area contributed by atoms with Crippen LogP contribution in [0.1, 0.15) is 24.1 Å². The van der Waals surface area contributed by atoms with Crippen molar-refractivity contribution in [1.82, 2.24) is 9.97 Å². The van der Waals surface area contributed by atoms with Crippen LogP contribution < -0.4 is 10.2 Å².